The minimum absolute atomic E-state index is 0.591. The first-order chi connectivity index (χ1) is 6.27. The lowest BCUT2D eigenvalue weighted by molar-refractivity contribution is 0.917. The van der Waals surface area contributed by atoms with E-state index in [0.29, 0.717) is 5.88 Å². The topological polar surface area (TPSA) is 0 Å². The average Bonchev–Trinajstić information content (AvgIpc) is 2.17. The van der Waals surface area contributed by atoms with Gasteiger partial charge in [-0.2, -0.15) is 0 Å². The van der Waals surface area contributed by atoms with E-state index in [0.717, 1.165) is 18.7 Å². The second-order valence-corrected chi connectivity index (χ2v) is 3.83. The molecule has 0 atom stereocenters. The summed E-state index contributed by atoms with van der Waals surface area (Å²) in [6.45, 7) is 2.13. The fourth-order valence-electron chi connectivity index (χ4n) is 1.33. The van der Waals surface area contributed by atoms with Crippen molar-refractivity contribution in [2.45, 2.75) is 25.6 Å². The quantitative estimate of drug-likeness (QED) is 0.671. The zero-order valence-corrected chi connectivity index (χ0v) is 9.33. The summed E-state index contributed by atoms with van der Waals surface area (Å²) in [5.74, 6) is 1.32. The fraction of sp³-hybridized carbons (Fsp3) is 0.455. The van der Waals surface area contributed by atoms with Gasteiger partial charge in [0.25, 0.3) is 0 Å². The van der Waals surface area contributed by atoms with Gasteiger partial charge in [0, 0.05) is 11.8 Å². The molecule has 0 bridgehead atoms. The molecule has 1 aromatic rings. The first-order valence-corrected chi connectivity index (χ1v) is 5.55. The Balaban J connectivity index is 2.78. The van der Waals surface area contributed by atoms with Gasteiger partial charge in [-0.15, -0.1) is 23.2 Å². The zero-order chi connectivity index (χ0) is 9.68. The minimum atomic E-state index is 0.591. The Bertz CT molecular complexity index is 269. The molecule has 0 radical (unpaired) electrons. The van der Waals surface area contributed by atoms with Crippen LogP contribution in [0.5, 0.6) is 0 Å². The van der Waals surface area contributed by atoms with E-state index < -0.39 is 0 Å². The molecule has 0 amide bonds. The van der Waals surface area contributed by atoms with Crippen LogP contribution in [-0.2, 0) is 12.3 Å². The van der Waals surface area contributed by atoms with E-state index in [1.807, 2.05) is 0 Å². The second-order valence-electron chi connectivity index (χ2n) is 3.19. The summed E-state index contributed by atoms with van der Waals surface area (Å²) in [6, 6.07) is 6.38. The Morgan fingerprint density at radius 1 is 1.23 bits per heavy atom. The van der Waals surface area contributed by atoms with Gasteiger partial charge < -0.3 is 0 Å². The maximum Gasteiger partial charge on any atom is 0.0474 e. The molecule has 0 nitrogen and oxygen atoms in total. The van der Waals surface area contributed by atoms with E-state index in [4.69, 9.17) is 23.2 Å². The Morgan fingerprint density at radius 3 is 2.62 bits per heavy atom. The number of aryl methyl sites for hydroxylation is 2. The normalized spacial score (nSPS) is 10.4. The molecule has 0 fully saturated rings. The minimum Gasteiger partial charge on any atom is -0.127 e. The van der Waals surface area contributed by atoms with Crippen molar-refractivity contribution in [1.29, 1.82) is 0 Å². The highest BCUT2D eigenvalue weighted by molar-refractivity contribution is 6.17. The number of alkyl halides is 2. The standard InChI is InChI=1S/C11H14Cl2/c1-9-4-5-10(8-13)7-11(9)3-2-6-12/h4-5,7H,2-3,6,8H2,1H3. The lowest BCUT2D eigenvalue weighted by Gasteiger charge is -2.06. The summed E-state index contributed by atoms with van der Waals surface area (Å²) in [7, 11) is 0. The summed E-state index contributed by atoms with van der Waals surface area (Å²) < 4.78 is 0. The molecular formula is C11H14Cl2. The molecule has 0 saturated carbocycles. The highest BCUT2D eigenvalue weighted by Gasteiger charge is 1.99. The summed E-state index contributed by atoms with van der Waals surface area (Å²) >= 11 is 11.4. The van der Waals surface area contributed by atoms with Gasteiger partial charge >= 0.3 is 0 Å². The number of hydrogen-bond acceptors (Lipinski definition) is 0. The second kappa shape index (κ2) is 5.51. The number of rotatable bonds is 4. The van der Waals surface area contributed by atoms with Crippen LogP contribution in [0.25, 0.3) is 0 Å². The highest BCUT2D eigenvalue weighted by atomic mass is 35.5. The molecule has 13 heavy (non-hydrogen) atoms. The molecule has 0 aliphatic rings. The SMILES string of the molecule is Cc1ccc(CCl)cc1CCCCl. The molecule has 0 N–H and O–H groups in total. The monoisotopic (exact) mass is 216 g/mol. The lowest BCUT2D eigenvalue weighted by Crippen LogP contribution is -1.92. The van der Waals surface area contributed by atoms with Crippen molar-refractivity contribution in [3.63, 3.8) is 0 Å². The number of benzene rings is 1. The summed E-state index contributed by atoms with van der Waals surface area (Å²) in [5, 5.41) is 0. The van der Waals surface area contributed by atoms with Crippen molar-refractivity contribution in [3.8, 4) is 0 Å². The third-order valence-electron chi connectivity index (χ3n) is 2.15. The van der Waals surface area contributed by atoms with Gasteiger partial charge in [-0.1, -0.05) is 18.2 Å². The molecule has 72 valence electrons. The average molecular weight is 217 g/mol. The zero-order valence-electron chi connectivity index (χ0n) is 7.82. The van der Waals surface area contributed by atoms with Gasteiger partial charge in [0.05, 0.1) is 0 Å². The van der Waals surface area contributed by atoms with Crippen LogP contribution in [0.4, 0.5) is 0 Å². The van der Waals surface area contributed by atoms with Gasteiger partial charge in [-0.3, -0.25) is 0 Å². The van der Waals surface area contributed by atoms with Gasteiger partial charge in [0.1, 0.15) is 0 Å². The van der Waals surface area contributed by atoms with Crippen LogP contribution in [-0.4, -0.2) is 5.88 Å². The summed E-state index contributed by atoms with van der Waals surface area (Å²) in [5.41, 5.74) is 3.90. The predicted octanol–water partition coefficient (Wildman–Crippen LogP) is 3.91. The van der Waals surface area contributed by atoms with E-state index >= 15 is 0 Å². The molecule has 0 aliphatic carbocycles. The van der Waals surface area contributed by atoms with Gasteiger partial charge in [-0.25, -0.2) is 0 Å². The molecule has 1 aromatic carbocycles. The number of hydrogen-bond donors (Lipinski definition) is 0. The molecular weight excluding hydrogens is 203 g/mol. The van der Waals surface area contributed by atoms with Crippen molar-refractivity contribution in [2.24, 2.45) is 0 Å². The van der Waals surface area contributed by atoms with Crippen LogP contribution in [0.2, 0.25) is 0 Å². The van der Waals surface area contributed by atoms with Crippen LogP contribution >= 0.6 is 23.2 Å². The van der Waals surface area contributed by atoms with Crippen LogP contribution in [0.1, 0.15) is 23.1 Å². The van der Waals surface area contributed by atoms with Gasteiger partial charge in [0.2, 0.25) is 0 Å². The predicted molar refractivity (Wildman–Crippen MR) is 59.8 cm³/mol. The van der Waals surface area contributed by atoms with E-state index in [9.17, 15) is 0 Å². The van der Waals surface area contributed by atoms with E-state index in [2.05, 4.69) is 25.1 Å². The third-order valence-corrected chi connectivity index (χ3v) is 2.72. The molecule has 0 spiro atoms. The molecule has 1 rings (SSSR count). The Morgan fingerprint density at radius 2 is 2.00 bits per heavy atom. The maximum absolute atomic E-state index is 5.76. The largest absolute Gasteiger partial charge is 0.127 e. The van der Waals surface area contributed by atoms with E-state index in [1.54, 1.807) is 0 Å². The van der Waals surface area contributed by atoms with Crippen molar-refractivity contribution < 1.29 is 0 Å². The van der Waals surface area contributed by atoms with Crippen LogP contribution in [0, 0.1) is 6.92 Å². The van der Waals surface area contributed by atoms with Crippen molar-refractivity contribution >= 4 is 23.2 Å². The van der Waals surface area contributed by atoms with Crippen LogP contribution < -0.4 is 0 Å². The molecule has 0 heterocycles. The smallest absolute Gasteiger partial charge is 0.0474 e. The first kappa shape index (κ1) is 10.9. The first-order valence-electron chi connectivity index (χ1n) is 4.48. The van der Waals surface area contributed by atoms with Crippen LogP contribution in [0.3, 0.4) is 0 Å². The van der Waals surface area contributed by atoms with Crippen molar-refractivity contribution in [1.82, 2.24) is 0 Å². The maximum atomic E-state index is 5.76. The van der Waals surface area contributed by atoms with Gasteiger partial charge in [-0.05, 0) is 36.5 Å². The Hall–Kier alpha value is -0.200. The van der Waals surface area contributed by atoms with Crippen LogP contribution in [0.15, 0.2) is 18.2 Å². The van der Waals surface area contributed by atoms with E-state index in [1.165, 1.54) is 16.7 Å². The molecule has 0 saturated heterocycles. The summed E-state index contributed by atoms with van der Waals surface area (Å²) in [4.78, 5) is 0. The van der Waals surface area contributed by atoms with Crippen molar-refractivity contribution in [2.75, 3.05) is 5.88 Å². The number of halogens is 2. The Labute approximate surface area is 89.9 Å². The molecule has 0 unspecified atom stereocenters. The fourth-order valence-corrected chi connectivity index (χ4v) is 1.63. The van der Waals surface area contributed by atoms with E-state index in [-0.39, 0.29) is 0 Å². The third kappa shape index (κ3) is 3.21. The molecule has 0 aliphatic heterocycles. The highest BCUT2D eigenvalue weighted by Crippen LogP contribution is 2.14. The Kier molecular flexibility index (Phi) is 4.61. The van der Waals surface area contributed by atoms with Crippen molar-refractivity contribution in [3.05, 3.63) is 34.9 Å². The molecule has 0 aromatic heterocycles. The lowest BCUT2D eigenvalue weighted by atomic mass is 10.0. The molecule has 2 heteroatoms. The van der Waals surface area contributed by atoms with Gasteiger partial charge in [0.15, 0.2) is 0 Å². The summed E-state index contributed by atoms with van der Waals surface area (Å²) in [6.07, 6.45) is 2.09.